The Morgan fingerprint density at radius 1 is 1.25 bits per heavy atom. The molecule has 104 valence electrons. The number of carbonyl (C=O) groups excluding carboxylic acids is 1. The van der Waals surface area contributed by atoms with Crippen molar-refractivity contribution in [3.05, 3.63) is 53.6 Å². The topological polar surface area (TPSA) is 38.1 Å². The summed E-state index contributed by atoms with van der Waals surface area (Å²) in [5.41, 5.74) is 2.07. The molecule has 0 unspecified atom stereocenters. The van der Waals surface area contributed by atoms with E-state index >= 15 is 0 Å². The van der Waals surface area contributed by atoms with Crippen molar-refractivity contribution in [3.8, 4) is 0 Å². The van der Waals surface area contributed by atoms with E-state index in [-0.39, 0.29) is 5.78 Å². The third kappa shape index (κ3) is 2.65. The van der Waals surface area contributed by atoms with E-state index in [1.807, 2.05) is 36.7 Å². The molecule has 0 radical (unpaired) electrons. The molecule has 0 fully saturated rings. The predicted octanol–water partition coefficient (Wildman–Crippen LogP) is 2.14. The summed E-state index contributed by atoms with van der Waals surface area (Å²) in [7, 11) is 0. The summed E-state index contributed by atoms with van der Waals surface area (Å²) in [6.45, 7) is 5.16. The van der Waals surface area contributed by atoms with Crippen LogP contribution in [0.3, 0.4) is 0 Å². The Hall–Kier alpha value is -1.94. The van der Waals surface area contributed by atoms with E-state index in [0.29, 0.717) is 6.54 Å². The smallest absolute Gasteiger partial charge is 0.176 e. The first-order valence-electron chi connectivity index (χ1n) is 7.11. The summed E-state index contributed by atoms with van der Waals surface area (Å²) in [4.78, 5) is 18.8. The number of aromatic nitrogens is 2. The zero-order valence-electron chi connectivity index (χ0n) is 11.7. The molecular formula is C16H19N3O. The molecule has 2 aromatic rings. The molecule has 1 aliphatic rings. The summed E-state index contributed by atoms with van der Waals surface area (Å²) in [6.07, 6.45) is 4.82. The van der Waals surface area contributed by atoms with Crippen LogP contribution in [0.2, 0.25) is 0 Å². The number of hydrogen-bond acceptors (Lipinski definition) is 3. The van der Waals surface area contributed by atoms with Crippen LogP contribution in [0.5, 0.6) is 0 Å². The summed E-state index contributed by atoms with van der Waals surface area (Å²) in [5.74, 6) is 1.23. The summed E-state index contributed by atoms with van der Waals surface area (Å²) < 4.78 is 2.15. The molecule has 0 bridgehead atoms. The van der Waals surface area contributed by atoms with Gasteiger partial charge in [0.25, 0.3) is 0 Å². The van der Waals surface area contributed by atoms with Gasteiger partial charge < -0.3 is 4.57 Å². The first-order chi connectivity index (χ1) is 9.76. The molecule has 1 aromatic heterocycles. The highest BCUT2D eigenvalue weighted by Crippen LogP contribution is 2.12. The fourth-order valence-electron chi connectivity index (χ4n) is 2.58. The minimum absolute atomic E-state index is 0.188. The maximum Gasteiger partial charge on any atom is 0.176 e. The maximum atomic E-state index is 12.3. The van der Waals surface area contributed by atoms with E-state index in [2.05, 4.69) is 21.4 Å². The second-order valence-electron chi connectivity index (χ2n) is 5.22. The summed E-state index contributed by atoms with van der Waals surface area (Å²) >= 11 is 0. The van der Waals surface area contributed by atoms with Gasteiger partial charge in [0.15, 0.2) is 5.78 Å². The number of aryl methyl sites for hydroxylation is 1. The van der Waals surface area contributed by atoms with Gasteiger partial charge in [-0.1, -0.05) is 31.2 Å². The molecule has 3 rings (SSSR count). The third-order valence-corrected chi connectivity index (χ3v) is 3.88. The van der Waals surface area contributed by atoms with Crippen LogP contribution >= 0.6 is 0 Å². The second kappa shape index (κ2) is 5.59. The van der Waals surface area contributed by atoms with E-state index in [1.165, 1.54) is 5.56 Å². The molecule has 0 spiro atoms. The lowest BCUT2D eigenvalue weighted by Crippen LogP contribution is -2.37. The van der Waals surface area contributed by atoms with Crippen LogP contribution in [0.1, 0.15) is 28.7 Å². The first-order valence-corrected chi connectivity index (χ1v) is 7.11. The number of hydrogen-bond donors (Lipinski definition) is 0. The molecule has 20 heavy (non-hydrogen) atoms. The zero-order chi connectivity index (χ0) is 13.9. The van der Waals surface area contributed by atoms with Gasteiger partial charge in [-0.2, -0.15) is 0 Å². The molecule has 0 aliphatic carbocycles. The second-order valence-corrected chi connectivity index (χ2v) is 5.22. The molecule has 0 N–H and O–H groups in total. The average molecular weight is 269 g/mol. The maximum absolute atomic E-state index is 12.3. The third-order valence-electron chi connectivity index (χ3n) is 3.88. The van der Waals surface area contributed by atoms with Crippen molar-refractivity contribution in [2.45, 2.75) is 26.4 Å². The molecule has 0 amide bonds. The van der Waals surface area contributed by atoms with Crippen molar-refractivity contribution in [2.75, 3.05) is 13.1 Å². The first kappa shape index (κ1) is 13.1. The van der Waals surface area contributed by atoms with Crippen molar-refractivity contribution in [3.63, 3.8) is 0 Å². The van der Waals surface area contributed by atoms with E-state index in [9.17, 15) is 4.79 Å². The summed E-state index contributed by atoms with van der Waals surface area (Å²) in [6, 6.07) is 7.95. The lowest BCUT2D eigenvalue weighted by molar-refractivity contribution is 0.0908. The Bertz CT molecular complexity index is 600. The van der Waals surface area contributed by atoms with Crippen molar-refractivity contribution >= 4 is 5.78 Å². The van der Waals surface area contributed by atoms with Gasteiger partial charge >= 0.3 is 0 Å². The highest BCUT2D eigenvalue weighted by Gasteiger charge is 2.19. The van der Waals surface area contributed by atoms with E-state index < -0.39 is 0 Å². The number of imidazole rings is 1. The van der Waals surface area contributed by atoms with Crippen LogP contribution in [0.4, 0.5) is 0 Å². The monoisotopic (exact) mass is 269 g/mol. The number of rotatable bonds is 4. The zero-order valence-corrected chi connectivity index (χ0v) is 11.7. The molecule has 4 heteroatoms. The fraction of sp³-hybridized carbons (Fsp3) is 0.375. The molecule has 1 aromatic carbocycles. The van der Waals surface area contributed by atoms with Gasteiger partial charge in [0.05, 0.1) is 13.1 Å². The Kier molecular flexibility index (Phi) is 3.65. The standard InChI is InChI=1S/C16H19N3O/c1-2-13-3-5-14(6-4-13)15(20)11-18-9-10-19-8-7-17-16(19)12-18/h3-8H,2,9-12H2,1H3. The highest BCUT2D eigenvalue weighted by molar-refractivity contribution is 5.97. The van der Waals surface area contributed by atoms with Crippen molar-refractivity contribution < 1.29 is 4.79 Å². The Balaban J connectivity index is 1.64. The van der Waals surface area contributed by atoms with Crippen LogP contribution in [-0.2, 0) is 19.5 Å². The number of ketones is 1. The van der Waals surface area contributed by atoms with Gasteiger partial charge in [-0.15, -0.1) is 0 Å². The Labute approximate surface area is 119 Å². The average Bonchev–Trinajstić information content (AvgIpc) is 2.95. The minimum atomic E-state index is 0.188. The number of fused-ring (bicyclic) bond motifs is 1. The Morgan fingerprint density at radius 3 is 2.80 bits per heavy atom. The number of nitrogens with zero attached hydrogens (tertiary/aromatic N) is 3. The lowest BCUT2D eigenvalue weighted by atomic mass is 10.1. The Morgan fingerprint density at radius 2 is 2.05 bits per heavy atom. The van der Waals surface area contributed by atoms with Crippen molar-refractivity contribution in [2.24, 2.45) is 0 Å². The molecule has 0 atom stereocenters. The molecule has 0 saturated heterocycles. The van der Waals surface area contributed by atoms with Crippen LogP contribution in [0, 0.1) is 0 Å². The largest absolute Gasteiger partial charge is 0.333 e. The van der Waals surface area contributed by atoms with Crippen LogP contribution in [0.25, 0.3) is 0 Å². The summed E-state index contributed by atoms with van der Waals surface area (Å²) in [5, 5.41) is 0. The van der Waals surface area contributed by atoms with Crippen molar-refractivity contribution in [1.82, 2.24) is 14.5 Å². The molecule has 2 heterocycles. The van der Waals surface area contributed by atoms with Gasteiger partial charge in [-0.25, -0.2) is 4.98 Å². The number of Topliss-reactive ketones (excluding diaryl/α,β-unsaturated/α-hetero) is 1. The number of carbonyl (C=O) groups is 1. The molecule has 1 aliphatic heterocycles. The quantitative estimate of drug-likeness (QED) is 0.798. The minimum Gasteiger partial charge on any atom is -0.333 e. The lowest BCUT2D eigenvalue weighted by Gasteiger charge is -2.26. The number of benzene rings is 1. The van der Waals surface area contributed by atoms with Gasteiger partial charge in [-0.05, 0) is 12.0 Å². The van der Waals surface area contributed by atoms with Gasteiger partial charge in [0.1, 0.15) is 5.82 Å². The van der Waals surface area contributed by atoms with Crippen molar-refractivity contribution in [1.29, 1.82) is 0 Å². The van der Waals surface area contributed by atoms with Crippen LogP contribution in [0.15, 0.2) is 36.7 Å². The van der Waals surface area contributed by atoms with Gasteiger partial charge in [0, 0.05) is 31.0 Å². The van der Waals surface area contributed by atoms with E-state index in [0.717, 1.165) is 37.4 Å². The predicted molar refractivity (Wildman–Crippen MR) is 77.7 cm³/mol. The van der Waals surface area contributed by atoms with Crippen LogP contribution < -0.4 is 0 Å². The van der Waals surface area contributed by atoms with E-state index in [4.69, 9.17) is 0 Å². The normalized spacial score (nSPS) is 15.1. The van der Waals surface area contributed by atoms with Gasteiger partial charge in [-0.3, -0.25) is 9.69 Å². The molecule has 0 saturated carbocycles. The van der Waals surface area contributed by atoms with Gasteiger partial charge in [0.2, 0.25) is 0 Å². The molecular weight excluding hydrogens is 250 g/mol. The SMILES string of the molecule is CCc1ccc(C(=O)CN2CCn3ccnc3C2)cc1. The van der Waals surface area contributed by atoms with E-state index in [1.54, 1.807) is 0 Å². The highest BCUT2D eigenvalue weighted by atomic mass is 16.1. The fourth-order valence-corrected chi connectivity index (χ4v) is 2.58. The van der Waals surface area contributed by atoms with Crippen LogP contribution in [-0.4, -0.2) is 33.3 Å². The molecule has 4 nitrogen and oxygen atoms in total.